The molecule has 6 heteroatoms. The quantitative estimate of drug-likeness (QED) is 0.781. The van der Waals surface area contributed by atoms with E-state index in [1.165, 1.54) is 12.1 Å². The molecule has 0 aliphatic carbocycles. The van der Waals surface area contributed by atoms with E-state index in [1.54, 1.807) is 16.4 Å². The van der Waals surface area contributed by atoms with Crippen molar-refractivity contribution in [2.75, 3.05) is 13.1 Å². The van der Waals surface area contributed by atoms with Gasteiger partial charge in [0, 0.05) is 18.7 Å². The minimum absolute atomic E-state index is 0.378. The summed E-state index contributed by atoms with van der Waals surface area (Å²) in [6, 6.07) is 6.24. The normalized spacial score (nSPS) is 16.5. The van der Waals surface area contributed by atoms with Crippen LogP contribution in [0.3, 0.4) is 0 Å². The van der Waals surface area contributed by atoms with Crippen molar-refractivity contribution < 1.29 is 13.9 Å². The molecule has 0 heterocycles. The summed E-state index contributed by atoms with van der Waals surface area (Å²) >= 11 is 0. The Kier molecular flexibility index (Phi) is 4.53. The van der Waals surface area contributed by atoms with Crippen LogP contribution < -0.4 is 5.73 Å². The number of rotatable bonds is 5. The molecule has 5 nitrogen and oxygen atoms in total. The molecule has 17 heavy (non-hydrogen) atoms. The lowest BCUT2D eigenvalue weighted by atomic mass is 10.2. The molecule has 0 radical (unpaired) electrons. The van der Waals surface area contributed by atoms with Crippen molar-refractivity contribution in [1.82, 2.24) is 4.31 Å². The minimum atomic E-state index is -2.71. The fourth-order valence-electron chi connectivity index (χ4n) is 1.56. The van der Waals surface area contributed by atoms with E-state index in [0.29, 0.717) is 23.5 Å². The third-order valence-electron chi connectivity index (χ3n) is 2.55. The summed E-state index contributed by atoms with van der Waals surface area (Å²) < 4.78 is 20.0. The summed E-state index contributed by atoms with van der Waals surface area (Å²) in [5.74, 6) is -0.511. The molecule has 0 spiro atoms. The van der Waals surface area contributed by atoms with Crippen LogP contribution in [0.2, 0.25) is 0 Å². The van der Waals surface area contributed by atoms with Crippen molar-refractivity contribution in [3.63, 3.8) is 0 Å². The van der Waals surface area contributed by atoms with Crippen LogP contribution in [-0.2, 0) is 0 Å². The molecule has 0 fully saturated rings. The third kappa shape index (κ3) is 2.98. The molecule has 1 amide bonds. The molecule has 0 aromatic heterocycles. The molecular formula is C11H19N2O3S+. The molecule has 1 atom stereocenters. The molecule has 0 saturated heterocycles. The molecule has 0 saturated carbocycles. The molecule has 1 unspecified atom stereocenters. The fraction of sp³-hybridized carbons (Fsp3) is 0.364. The van der Waals surface area contributed by atoms with E-state index in [-0.39, 0.29) is 0 Å². The van der Waals surface area contributed by atoms with Gasteiger partial charge in [0.2, 0.25) is 5.91 Å². The zero-order chi connectivity index (χ0) is 13.1. The summed E-state index contributed by atoms with van der Waals surface area (Å²) in [6.45, 7) is 4.99. The second-order valence-corrected chi connectivity index (χ2v) is 5.64. The van der Waals surface area contributed by atoms with Gasteiger partial charge in [-0.05, 0) is 35.0 Å². The number of benzene rings is 1. The number of carbonyl (C=O) groups is 1. The maximum atomic E-state index is 10.9. The van der Waals surface area contributed by atoms with Crippen molar-refractivity contribution in [3.8, 4) is 0 Å². The summed E-state index contributed by atoms with van der Waals surface area (Å²) in [7, 11) is -2.71. The zero-order valence-corrected chi connectivity index (χ0v) is 10.8. The standard InChI is InChI=1S/C11H18N2O3S/c1-3-13(4-2)17(15,16)10-7-5-9(6-8-10)11(12)14/h5-8,15-16H,3-4H2,1-2H3,(H2,12,14)/p+1. The van der Waals surface area contributed by atoms with Gasteiger partial charge in [-0.2, -0.15) is 4.31 Å². The lowest BCUT2D eigenvalue weighted by Gasteiger charge is -2.37. The smallest absolute Gasteiger partial charge is 0.248 e. The molecule has 5 N–H and O–H groups in total. The average Bonchev–Trinajstić information content (AvgIpc) is 2.30. The maximum Gasteiger partial charge on any atom is 0.248 e. The summed E-state index contributed by atoms with van der Waals surface area (Å²) in [4.78, 5) is 11.4. The Morgan fingerprint density at radius 1 is 1.35 bits per heavy atom. The Balaban J connectivity index is 3.02. The number of hydrogen-bond donors (Lipinski definition) is 2. The van der Waals surface area contributed by atoms with Crippen LogP contribution >= 0.6 is 10.8 Å². The predicted octanol–water partition coefficient (Wildman–Crippen LogP) is 1.32. The first kappa shape index (κ1) is 14.0. The van der Waals surface area contributed by atoms with Crippen LogP contribution in [0.25, 0.3) is 0 Å². The van der Waals surface area contributed by atoms with Gasteiger partial charge in [0.05, 0.1) is 0 Å². The van der Waals surface area contributed by atoms with Gasteiger partial charge in [0.1, 0.15) is 4.90 Å². The maximum absolute atomic E-state index is 10.9. The first-order valence-electron chi connectivity index (χ1n) is 5.38. The Bertz CT molecular complexity index is 388. The van der Waals surface area contributed by atoms with Gasteiger partial charge in [-0.25, -0.2) is 4.55 Å². The first-order chi connectivity index (χ1) is 7.93. The van der Waals surface area contributed by atoms with Gasteiger partial charge in [-0.1, -0.05) is 13.8 Å². The topological polar surface area (TPSA) is 89.5 Å². The minimum Gasteiger partial charge on any atom is -0.366 e. The molecule has 1 rings (SSSR count). The second-order valence-electron chi connectivity index (χ2n) is 3.55. The van der Waals surface area contributed by atoms with Crippen LogP contribution in [0.15, 0.2) is 29.2 Å². The van der Waals surface area contributed by atoms with Crippen LogP contribution in [-0.4, -0.2) is 32.4 Å². The molecule has 1 aromatic rings. The van der Waals surface area contributed by atoms with E-state index in [2.05, 4.69) is 0 Å². The van der Waals surface area contributed by atoms with Gasteiger partial charge in [0.15, 0.2) is 0 Å². The second kappa shape index (κ2) is 5.50. The predicted molar refractivity (Wildman–Crippen MR) is 70.0 cm³/mol. The van der Waals surface area contributed by atoms with E-state index in [4.69, 9.17) is 10.3 Å². The van der Waals surface area contributed by atoms with Crippen molar-refractivity contribution in [3.05, 3.63) is 29.8 Å². The van der Waals surface area contributed by atoms with Crippen molar-refractivity contribution in [1.29, 1.82) is 0 Å². The molecule has 1 aromatic carbocycles. The van der Waals surface area contributed by atoms with Crippen LogP contribution in [0.4, 0.5) is 0 Å². The van der Waals surface area contributed by atoms with E-state index < -0.39 is 16.7 Å². The Morgan fingerprint density at radius 3 is 2.18 bits per heavy atom. The van der Waals surface area contributed by atoms with Gasteiger partial charge in [0.25, 0.3) is 0 Å². The monoisotopic (exact) mass is 259 g/mol. The number of nitrogens with two attached hydrogens (primary N) is 1. The van der Waals surface area contributed by atoms with Crippen molar-refractivity contribution in [2.45, 2.75) is 18.7 Å². The van der Waals surface area contributed by atoms with Crippen LogP contribution in [0.5, 0.6) is 0 Å². The largest absolute Gasteiger partial charge is 0.366 e. The highest BCUT2D eigenvalue weighted by molar-refractivity contribution is 8.22. The molecule has 0 aliphatic rings. The molecule has 0 aliphatic heterocycles. The summed E-state index contributed by atoms with van der Waals surface area (Å²) in [6.07, 6.45) is 0. The van der Waals surface area contributed by atoms with Gasteiger partial charge >= 0.3 is 0 Å². The molecule has 0 bridgehead atoms. The highest BCUT2D eigenvalue weighted by atomic mass is 32.3. The Labute approximate surface area is 103 Å². The molecular weight excluding hydrogens is 240 g/mol. The highest BCUT2D eigenvalue weighted by Gasteiger charge is 2.26. The number of amides is 1. The Hall–Kier alpha value is -1.08. The van der Waals surface area contributed by atoms with E-state index in [1.807, 2.05) is 13.8 Å². The van der Waals surface area contributed by atoms with Gasteiger partial charge in [-0.3, -0.25) is 4.79 Å². The SMILES string of the molecule is CCN(CC)S(O)([OH2+])c1ccc(C(N)=O)cc1. The molecule has 96 valence electrons. The number of carbonyl (C=O) groups excluding carboxylic acids is 1. The zero-order valence-electron chi connectivity index (χ0n) is 10.0. The lowest BCUT2D eigenvalue weighted by Crippen LogP contribution is -2.27. The third-order valence-corrected chi connectivity index (χ3v) is 4.74. The van der Waals surface area contributed by atoms with Gasteiger partial charge < -0.3 is 10.3 Å². The van der Waals surface area contributed by atoms with Crippen molar-refractivity contribution in [2.24, 2.45) is 5.73 Å². The summed E-state index contributed by atoms with van der Waals surface area (Å²) in [5, 5.41) is 0. The fourth-order valence-corrected chi connectivity index (χ4v) is 3.12. The Morgan fingerprint density at radius 2 is 1.82 bits per heavy atom. The van der Waals surface area contributed by atoms with Crippen molar-refractivity contribution >= 4 is 16.7 Å². The average molecular weight is 259 g/mol. The number of primary amides is 1. The first-order valence-corrected chi connectivity index (χ1v) is 6.93. The van der Waals surface area contributed by atoms with Crippen LogP contribution in [0, 0.1) is 0 Å². The van der Waals surface area contributed by atoms with E-state index in [9.17, 15) is 9.35 Å². The number of nitrogens with zero attached hydrogens (tertiary/aromatic N) is 1. The summed E-state index contributed by atoms with van der Waals surface area (Å²) in [5.41, 5.74) is 5.51. The lowest BCUT2D eigenvalue weighted by molar-refractivity contribution is 0.1000. The van der Waals surface area contributed by atoms with Crippen LogP contribution in [0.1, 0.15) is 24.2 Å². The van der Waals surface area contributed by atoms with Gasteiger partial charge in [-0.15, -0.1) is 0 Å². The van der Waals surface area contributed by atoms with E-state index in [0.717, 1.165) is 0 Å². The van der Waals surface area contributed by atoms with E-state index >= 15 is 0 Å². The highest BCUT2D eigenvalue weighted by Crippen LogP contribution is 2.50. The number of hydrogen-bond acceptors (Lipinski definition) is 3.